The van der Waals surface area contributed by atoms with E-state index in [0.29, 0.717) is 17.0 Å². The lowest BCUT2D eigenvalue weighted by atomic mass is 10.1. The zero-order chi connectivity index (χ0) is 21.1. The third kappa shape index (κ3) is 4.87. The lowest BCUT2D eigenvalue weighted by Gasteiger charge is -2.12. The number of rotatable bonds is 7. The maximum atomic E-state index is 12.8. The van der Waals surface area contributed by atoms with Crippen molar-refractivity contribution in [2.45, 2.75) is 28.0 Å². The summed E-state index contributed by atoms with van der Waals surface area (Å²) in [6.45, 7) is 1.77. The SMILES string of the molecule is Cc1ccc(S(=O)(=O)c2ccccc2)cc1S(=O)(=O)NCCc1ccccc1Cl. The first-order valence-corrected chi connectivity index (χ1v) is 12.2. The summed E-state index contributed by atoms with van der Waals surface area (Å²) in [6.07, 6.45) is 0.417. The molecule has 0 radical (unpaired) electrons. The van der Waals surface area contributed by atoms with E-state index in [1.165, 1.54) is 30.3 Å². The molecule has 3 aromatic carbocycles. The van der Waals surface area contributed by atoms with Gasteiger partial charge in [-0.2, -0.15) is 0 Å². The lowest BCUT2D eigenvalue weighted by Crippen LogP contribution is -2.27. The number of hydrogen-bond donors (Lipinski definition) is 1. The molecule has 0 atom stereocenters. The number of aryl methyl sites for hydroxylation is 1. The van der Waals surface area contributed by atoms with E-state index in [4.69, 9.17) is 11.6 Å². The van der Waals surface area contributed by atoms with Crippen LogP contribution in [0.2, 0.25) is 5.02 Å². The smallest absolute Gasteiger partial charge is 0.219 e. The molecule has 0 aliphatic rings. The van der Waals surface area contributed by atoms with Crippen LogP contribution in [0.3, 0.4) is 0 Å². The predicted molar refractivity (Wildman–Crippen MR) is 113 cm³/mol. The minimum atomic E-state index is -3.90. The zero-order valence-electron chi connectivity index (χ0n) is 15.7. The van der Waals surface area contributed by atoms with Crippen molar-refractivity contribution in [3.63, 3.8) is 0 Å². The van der Waals surface area contributed by atoms with Crippen LogP contribution in [0.4, 0.5) is 0 Å². The molecule has 0 fully saturated rings. The zero-order valence-corrected chi connectivity index (χ0v) is 18.1. The molecule has 0 spiro atoms. The van der Waals surface area contributed by atoms with Gasteiger partial charge in [0.15, 0.2) is 0 Å². The Balaban J connectivity index is 1.86. The van der Waals surface area contributed by atoms with Crippen LogP contribution in [0.5, 0.6) is 0 Å². The summed E-state index contributed by atoms with van der Waals surface area (Å²) in [6, 6.07) is 19.2. The van der Waals surface area contributed by atoms with E-state index in [9.17, 15) is 16.8 Å². The summed E-state index contributed by atoms with van der Waals surface area (Å²) < 4.78 is 53.8. The van der Waals surface area contributed by atoms with Gasteiger partial charge in [-0.25, -0.2) is 21.6 Å². The molecule has 5 nitrogen and oxygen atoms in total. The third-order valence-corrected chi connectivity index (χ3v) is 8.20. The first-order chi connectivity index (χ1) is 13.7. The number of sulfonamides is 1. The molecule has 29 heavy (non-hydrogen) atoms. The van der Waals surface area contributed by atoms with Crippen molar-refractivity contribution < 1.29 is 16.8 Å². The van der Waals surface area contributed by atoms with Gasteiger partial charge in [-0.05, 0) is 54.8 Å². The van der Waals surface area contributed by atoms with Crippen molar-refractivity contribution in [2.75, 3.05) is 6.54 Å². The second-order valence-corrected chi connectivity index (χ2v) is 10.6. The van der Waals surface area contributed by atoms with E-state index in [1.54, 1.807) is 37.3 Å². The Hall–Kier alpha value is -2.19. The Kier molecular flexibility index (Phi) is 6.43. The van der Waals surface area contributed by atoms with Crippen LogP contribution in [0.1, 0.15) is 11.1 Å². The fraction of sp³-hybridized carbons (Fsp3) is 0.143. The van der Waals surface area contributed by atoms with Gasteiger partial charge >= 0.3 is 0 Å². The Labute approximate surface area is 176 Å². The molecule has 0 heterocycles. The number of hydrogen-bond acceptors (Lipinski definition) is 4. The standard InChI is InChI=1S/C21H20ClNO4S2/c1-16-11-12-19(28(24,25)18-8-3-2-4-9-18)15-21(16)29(26,27)23-14-13-17-7-5-6-10-20(17)22/h2-12,15,23H,13-14H2,1H3. The number of halogens is 1. The Morgan fingerprint density at radius 2 is 1.48 bits per heavy atom. The van der Waals surface area contributed by atoms with Crippen molar-refractivity contribution >= 4 is 31.5 Å². The highest BCUT2D eigenvalue weighted by Gasteiger charge is 2.23. The van der Waals surface area contributed by atoms with Crippen LogP contribution in [0, 0.1) is 6.92 Å². The van der Waals surface area contributed by atoms with Gasteiger partial charge in [0.25, 0.3) is 0 Å². The van der Waals surface area contributed by atoms with E-state index in [2.05, 4.69) is 4.72 Å². The first kappa shape index (κ1) is 21.5. The minimum Gasteiger partial charge on any atom is -0.219 e. The van der Waals surface area contributed by atoms with Crippen molar-refractivity contribution in [2.24, 2.45) is 0 Å². The Bertz CT molecular complexity index is 1220. The normalized spacial score (nSPS) is 12.1. The predicted octanol–water partition coefficient (Wildman–Crippen LogP) is 4.00. The van der Waals surface area contributed by atoms with Crippen molar-refractivity contribution in [3.8, 4) is 0 Å². The monoisotopic (exact) mass is 449 g/mol. The number of nitrogens with one attached hydrogen (secondary N) is 1. The van der Waals surface area contributed by atoms with Crippen LogP contribution in [-0.2, 0) is 26.3 Å². The molecule has 0 bridgehead atoms. The van der Waals surface area contributed by atoms with Gasteiger partial charge in [-0.1, -0.05) is 54.1 Å². The van der Waals surface area contributed by atoms with E-state index >= 15 is 0 Å². The fourth-order valence-corrected chi connectivity index (χ4v) is 5.78. The van der Waals surface area contributed by atoms with Crippen molar-refractivity contribution in [1.82, 2.24) is 4.72 Å². The Morgan fingerprint density at radius 1 is 0.828 bits per heavy atom. The number of benzene rings is 3. The molecule has 0 saturated heterocycles. The Morgan fingerprint density at radius 3 is 2.17 bits per heavy atom. The fourth-order valence-electron chi connectivity index (χ4n) is 2.87. The van der Waals surface area contributed by atoms with Crippen molar-refractivity contribution in [1.29, 1.82) is 0 Å². The molecule has 1 N–H and O–H groups in total. The average molecular weight is 450 g/mol. The molecule has 3 rings (SSSR count). The summed E-state index contributed by atoms with van der Waals surface area (Å²) in [5.41, 5.74) is 1.29. The molecule has 0 aromatic heterocycles. The van der Waals surface area contributed by atoms with Crippen molar-refractivity contribution in [3.05, 3.63) is 88.9 Å². The molecular formula is C21H20ClNO4S2. The van der Waals surface area contributed by atoms with Crippen LogP contribution in [0.15, 0.2) is 87.5 Å². The topological polar surface area (TPSA) is 80.3 Å². The van der Waals surface area contributed by atoms with Gasteiger partial charge in [-0.3, -0.25) is 0 Å². The van der Waals surface area contributed by atoms with Gasteiger partial charge in [-0.15, -0.1) is 0 Å². The summed E-state index contributed by atoms with van der Waals surface area (Å²) in [7, 11) is -7.71. The van der Waals surface area contributed by atoms with E-state index < -0.39 is 19.9 Å². The van der Waals surface area contributed by atoms with Crippen LogP contribution < -0.4 is 4.72 Å². The maximum absolute atomic E-state index is 12.8. The highest BCUT2D eigenvalue weighted by molar-refractivity contribution is 7.91. The van der Waals surface area contributed by atoms with E-state index in [0.717, 1.165) is 5.56 Å². The van der Waals surface area contributed by atoms with Gasteiger partial charge in [0.05, 0.1) is 14.7 Å². The average Bonchev–Trinajstić information content (AvgIpc) is 2.70. The highest BCUT2D eigenvalue weighted by atomic mass is 35.5. The number of sulfone groups is 1. The molecule has 8 heteroatoms. The highest BCUT2D eigenvalue weighted by Crippen LogP contribution is 2.25. The van der Waals surface area contributed by atoms with Crippen LogP contribution >= 0.6 is 11.6 Å². The molecule has 0 amide bonds. The molecule has 3 aromatic rings. The first-order valence-electron chi connectivity index (χ1n) is 8.86. The minimum absolute atomic E-state index is 0.0614. The van der Waals surface area contributed by atoms with Gasteiger partial charge in [0.1, 0.15) is 0 Å². The second kappa shape index (κ2) is 8.67. The maximum Gasteiger partial charge on any atom is 0.240 e. The van der Waals surface area contributed by atoms with Crippen LogP contribution in [0.25, 0.3) is 0 Å². The molecule has 0 aliphatic heterocycles. The second-order valence-electron chi connectivity index (χ2n) is 6.48. The summed E-state index contributed by atoms with van der Waals surface area (Å²) in [5, 5.41) is 0.568. The van der Waals surface area contributed by atoms with Crippen LogP contribution in [-0.4, -0.2) is 23.4 Å². The lowest BCUT2D eigenvalue weighted by molar-refractivity contribution is 0.580. The van der Waals surface area contributed by atoms with Gasteiger partial charge in [0, 0.05) is 11.6 Å². The van der Waals surface area contributed by atoms with E-state index in [-0.39, 0.29) is 21.2 Å². The molecule has 0 unspecified atom stereocenters. The third-order valence-electron chi connectivity index (χ3n) is 4.46. The molecule has 0 saturated carbocycles. The summed E-state index contributed by atoms with van der Waals surface area (Å²) in [5.74, 6) is 0. The largest absolute Gasteiger partial charge is 0.240 e. The summed E-state index contributed by atoms with van der Waals surface area (Å²) in [4.78, 5) is -0.0201. The van der Waals surface area contributed by atoms with Gasteiger partial charge in [0.2, 0.25) is 19.9 Å². The molecule has 152 valence electrons. The molecule has 0 aliphatic carbocycles. The summed E-state index contributed by atoms with van der Waals surface area (Å²) >= 11 is 6.10. The molecular weight excluding hydrogens is 430 g/mol. The van der Waals surface area contributed by atoms with E-state index in [1.807, 2.05) is 12.1 Å². The van der Waals surface area contributed by atoms with Gasteiger partial charge < -0.3 is 0 Å². The quantitative estimate of drug-likeness (QED) is 0.591.